The Morgan fingerprint density at radius 2 is 1.63 bits per heavy atom. The highest BCUT2D eigenvalue weighted by molar-refractivity contribution is 5.76. The number of cyclic esters (lactones) is 1. The molecule has 16 heteroatoms. The van der Waals surface area contributed by atoms with Crippen molar-refractivity contribution in [2.75, 3.05) is 13.7 Å². The Hall–Kier alpha value is -4.02. The summed E-state index contributed by atoms with van der Waals surface area (Å²) in [4.78, 5) is 81.0. The molecule has 4 heterocycles. The SMILES string of the molecule is CCC(=O)OC1C23OC4(C)OC2(CCC(C)(C(OC(C)=O)c2ccoc2)C3CC(=O)OC)C23COC(=O)CC2C2(C)CC3(O4)C1(OC(C)=O)C2OC(C)=O. The fraction of sp³-hybridized carbons (Fsp3) is 0.737. The molecule has 13 unspecified atom stereocenters. The Labute approximate surface area is 311 Å². The van der Waals surface area contributed by atoms with Crippen LogP contribution >= 0.6 is 0 Å². The number of carbonyl (C=O) groups excluding carboxylic acids is 6. The van der Waals surface area contributed by atoms with Crippen LogP contribution in [0.2, 0.25) is 0 Å². The lowest BCUT2D eigenvalue weighted by atomic mass is 9.33. The van der Waals surface area contributed by atoms with Crippen LogP contribution < -0.4 is 0 Å². The fourth-order valence-corrected chi connectivity index (χ4v) is 13.1. The van der Waals surface area contributed by atoms with Gasteiger partial charge in [0.05, 0.1) is 31.5 Å². The van der Waals surface area contributed by atoms with Crippen molar-refractivity contribution in [3.05, 3.63) is 24.2 Å². The average Bonchev–Trinajstić information content (AvgIpc) is 3.80. The molecule has 3 aliphatic heterocycles. The summed E-state index contributed by atoms with van der Waals surface area (Å²) < 4.78 is 64.0. The van der Waals surface area contributed by atoms with Gasteiger partial charge in [0.1, 0.15) is 29.5 Å². The van der Waals surface area contributed by atoms with Crippen LogP contribution in [0, 0.1) is 28.1 Å². The van der Waals surface area contributed by atoms with E-state index in [1.807, 2.05) is 13.8 Å². The Morgan fingerprint density at radius 3 is 2.24 bits per heavy atom. The second-order valence-electron chi connectivity index (χ2n) is 16.7. The summed E-state index contributed by atoms with van der Waals surface area (Å²) in [5.74, 6) is -7.86. The first-order chi connectivity index (χ1) is 25.3. The predicted octanol–water partition coefficient (Wildman–Crippen LogP) is 3.37. The molecular weight excluding hydrogens is 712 g/mol. The molecule has 3 saturated heterocycles. The van der Waals surface area contributed by atoms with Crippen LogP contribution in [0.3, 0.4) is 0 Å². The maximum absolute atomic E-state index is 13.9. The summed E-state index contributed by atoms with van der Waals surface area (Å²) in [6.07, 6.45) is -1.55. The van der Waals surface area contributed by atoms with E-state index >= 15 is 0 Å². The lowest BCUT2D eigenvalue weighted by Gasteiger charge is -2.77. The summed E-state index contributed by atoms with van der Waals surface area (Å²) in [5, 5.41) is 0. The van der Waals surface area contributed by atoms with E-state index in [0.29, 0.717) is 5.56 Å². The minimum atomic E-state index is -2.16. The summed E-state index contributed by atoms with van der Waals surface area (Å²) in [5.41, 5.74) is -10.8. The molecule has 8 rings (SSSR count). The van der Waals surface area contributed by atoms with Gasteiger partial charge in [-0.15, -0.1) is 0 Å². The maximum Gasteiger partial charge on any atom is 0.306 e. The number of rotatable bonds is 9. The highest BCUT2D eigenvalue weighted by atomic mass is 16.9. The molecular formula is C38H46O16. The van der Waals surface area contributed by atoms with Gasteiger partial charge < -0.3 is 47.0 Å². The fourth-order valence-electron chi connectivity index (χ4n) is 13.1. The van der Waals surface area contributed by atoms with E-state index in [1.165, 1.54) is 40.4 Å². The Balaban J connectivity index is 1.53. The maximum atomic E-state index is 13.9. The van der Waals surface area contributed by atoms with Gasteiger partial charge in [-0.3, -0.25) is 28.8 Å². The molecule has 7 fully saturated rings. The quantitative estimate of drug-likeness (QED) is 0.262. The zero-order valence-electron chi connectivity index (χ0n) is 31.6. The van der Waals surface area contributed by atoms with Gasteiger partial charge in [0.15, 0.2) is 12.2 Å². The largest absolute Gasteiger partial charge is 0.472 e. The topological polar surface area (TPSA) is 199 Å². The van der Waals surface area contributed by atoms with Crippen LogP contribution in [0.15, 0.2) is 23.0 Å². The first kappa shape index (κ1) is 36.9. The molecule has 0 N–H and O–H groups in total. The zero-order valence-corrected chi connectivity index (χ0v) is 31.6. The highest BCUT2D eigenvalue weighted by Crippen LogP contribution is 2.90. The smallest absolute Gasteiger partial charge is 0.306 e. The average molecular weight is 759 g/mol. The highest BCUT2D eigenvalue weighted by Gasteiger charge is 3.06. The molecule has 3 spiro atoms. The van der Waals surface area contributed by atoms with Crippen LogP contribution in [0.25, 0.3) is 0 Å². The van der Waals surface area contributed by atoms with E-state index in [-0.39, 0.29) is 38.7 Å². The van der Waals surface area contributed by atoms with Gasteiger partial charge in [0, 0.05) is 62.8 Å². The number of furan rings is 1. The van der Waals surface area contributed by atoms with Crippen molar-refractivity contribution >= 4 is 35.8 Å². The van der Waals surface area contributed by atoms with Gasteiger partial charge >= 0.3 is 35.8 Å². The van der Waals surface area contributed by atoms with Gasteiger partial charge in [0.2, 0.25) is 5.60 Å². The third-order valence-corrected chi connectivity index (χ3v) is 14.2. The van der Waals surface area contributed by atoms with Crippen molar-refractivity contribution in [1.82, 2.24) is 0 Å². The third-order valence-electron chi connectivity index (χ3n) is 14.2. The number of ether oxygens (including phenoxy) is 9. The van der Waals surface area contributed by atoms with Crippen LogP contribution in [0.1, 0.15) is 98.7 Å². The molecule has 54 heavy (non-hydrogen) atoms. The van der Waals surface area contributed by atoms with Gasteiger partial charge in [0.25, 0.3) is 5.97 Å². The van der Waals surface area contributed by atoms with E-state index in [1.54, 1.807) is 19.9 Å². The van der Waals surface area contributed by atoms with Crippen molar-refractivity contribution in [3.63, 3.8) is 0 Å². The Bertz CT molecular complexity index is 1840. The Morgan fingerprint density at radius 1 is 0.907 bits per heavy atom. The first-order valence-corrected chi connectivity index (χ1v) is 18.4. The van der Waals surface area contributed by atoms with E-state index in [9.17, 15) is 28.8 Å². The molecule has 16 nitrogen and oxygen atoms in total. The minimum Gasteiger partial charge on any atom is -0.472 e. The van der Waals surface area contributed by atoms with Crippen molar-refractivity contribution in [2.45, 2.75) is 134 Å². The van der Waals surface area contributed by atoms with E-state index in [0.717, 1.165) is 0 Å². The molecule has 13 atom stereocenters. The van der Waals surface area contributed by atoms with Crippen LogP contribution in [-0.4, -0.2) is 90.1 Å². The molecule has 0 radical (unpaired) electrons. The number of methoxy groups -OCH3 is 1. The normalized spacial score (nSPS) is 46.4. The van der Waals surface area contributed by atoms with E-state index < -0.39 is 117 Å². The van der Waals surface area contributed by atoms with Gasteiger partial charge in [-0.25, -0.2) is 0 Å². The van der Waals surface area contributed by atoms with Crippen molar-refractivity contribution in [1.29, 1.82) is 0 Å². The molecule has 1 aromatic rings. The number of carbonyl (C=O) groups is 6. The van der Waals surface area contributed by atoms with Crippen LogP contribution in [0.5, 0.6) is 0 Å². The molecule has 0 amide bonds. The van der Waals surface area contributed by atoms with Crippen molar-refractivity contribution in [2.24, 2.45) is 28.1 Å². The van der Waals surface area contributed by atoms with Crippen LogP contribution in [-0.2, 0) is 71.4 Å². The van der Waals surface area contributed by atoms with E-state index in [4.69, 9.17) is 47.0 Å². The number of hydrogen-bond donors (Lipinski definition) is 0. The Kier molecular flexibility index (Phi) is 7.71. The molecule has 4 saturated carbocycles. The minimum absolute atomic E-state index is 0.0663. The molecule has 4 aliphatic carbocycles. The summed E-state index contributed by atoms with van der Waals surface area (Å²) in [6.45, 7) is 10.2. The lowest BCUT2D eigenvalue weighted by Crippen LogP contribution is -2.95. The standard InChI is InChI=1S/C38H46O16/c1-9-25(42)50-30-37-24(15-26(43)45-8)31(5,28(48-19(2)39)22-10-13-46-16-22)11-12-35(37)34-18-47-27(44)14-23(34)32(6)17-36(34,53-33(7,52-35)54-37)38(30,51-21(4)41)29(32)49-20(3)40/h10,13,16,23-24,28-30H,9,11-12,14-15,17-18H2,1-8H3. The zero-order chi connectivity index (χ0) is 39.1. The second-order valence-corrected chi connectivity index (χ2v) is 16.7. The number of fused-ring (bicyclic) bond motifs is 3. The molecule has 294 valence electrons. The monoisotopic (exact) mass is 758 g/mol. The van der Waals surface area contributed by atoms with Gasteiger partial charge in [-0.2, -0.15) is 0 Å². The van der Waals surface area contributed by atoms with Gasteiger partial charge in [-0.05, 0) is 31.2 Å². The molecule has 0 aromatic carbocycles. The third kappa shape index (κ3) is 3.99. The first-order valence-electron chi connectivity index (χ1n) is 18.4. The second kappa shape index (κ2) is 11.3. The molecule has 7 aliphatic rings. The lowest BCUT2D eigenvalue weighted by molar-refractivity contribution is -0.485. The summed E-state index contributed by atoms with van der Waals surface area (Å²) in [6, 6.07) is 1.64. The van der Waals surface area contributed by atoms with Crippen LogP contribution in [0.4, 0.5) is 0 Å². The number of esters is 6. The molecule has 4 bridgehead atoms. The predicted molar refractivity (Wildman–Crippen MR) is 175 cm³/mol. The van der Waals surface area contributed by atoms with Gasteiger partial charge in [-0.1, -0.05) is 20.8 Å². The summed E-state index contributed by atoms with van der Waals surface area (Å²) >= 11 is 0. The van der Waals surface area contributed by atoms with Crippen molar-refractivity contribution in [3.8, 4) is 0 Å². The number of hydrogen-bond acceptors (Lipinski definition) is 16. The van der Waals surface area contributed by atoms with E-state index in [2.05, 4.69) is 0 Å². The summed E-state index contributed by atoms with van der Waals surface area (Å²) in [7, 11) is 1.23. The van der Waals surface area contributed by atoms with Crippen molar-refractivity contribution < 1.29 is 75.8 Å². The molecule has 1 aromatic heterocycles.